The average molecular weight is 478 g/mol. The molecule has 2 aliphatic heterocycles. The predicted octanol–water partition coefficient (Wildman–Crippen LogP) is 3.12. The van der Waals surface area contributed by atoms with E-state index in [0.717, 1.165) is 45.6 Å². The summed E-state index contributed by atoms with van der Waals surface area (Å²) in [5.74, 6) is 0.566. The molecule has 2 unspecified atom stereocenters. The van der Waals surface area contributed by atoms with Crippen LogP contribution in [0.5, 0.6) is 0 Å². The number of benzene rings is 1. The zero-order chi connectivity index (χ0) is 23.5. The van der Waals surface area contributed by atoms with Gasteiger partial charge in [-0.15, -0.1) is 0 Å². The first-order chi connectivity index (χ1) is 15.8. The summed E-state index contributed by atoms with van der Waals surface area (Å²) >= 11 is 0. The third-order valence-electron chi connectivity index (χ3n) is 7.63. The fourth-order valence-corrected chi connectivity index (χ4v) is 7.61. The Hall–Kier alpha value is -1.48. The molecule has 1 aliphatic carbocycles. The summed E-state index contributed by atoms with van der Waals surface area (Å²) in [4.78, 5) is 15.7. The number of morpholine rings is 1. The molecule has 2 heterocycles. The highest BCUT2D eigenvalue weighted by atomic mass is 32.2. The molecule has 7 nitrogen and oxygen atoms in total. The van der Waals surface area contributed by atoms with Crippen LogP contribution in [0.2, 0.25) is 0 Å². The van der Waals surface area contributed by atoms with E-state index in [9.17, 15) is 13.2 Å². The van der Waals surface area contributed by atoms with E-state index in [4.69, 9.17) is 4.74 Å². The van der Waals surface area contributed by atoms with Crippen LogP contribution < -0.4 is 5.32 Å². The minimum atomic E-state index is -3.54. The minimum absolute atomic E-state index is 0.00260. The van der Waals surface area contributed by atoms with Crippen molar-refractivity contribution in [1.82, 2.24) is 14.5 Å². The summed E-state index contributed by atoms with van der Waals surface area (Å²) in [7, 11) is -3.54. The van der Waals surface area contributed by atoms with Crippen molar-refractivity contribution in [3.05, 3.63) is 29.8 Å². The first kappa shape index (κ1) is 24.6. The first-order valence-corrected chi connectivity index (χ1v) is 14.0. The van der Waals surface area contributed by atoms with Crippen LogP contribution in [0.4, 0.5) is 0 Å². The van der Waals surface area contributed by atoms with E-state index in [1.165, 1.54) is 19.3 Å². The number of rotatable bonds is 6. The molecule has 2 saturated heterocycles. The van der Waals surface area contributed by atoms with Gasteiger partial charge in [0.05, 0.1) is 18.1 Å². The molecular weight excluding hydrogens is 438 g/mol. The number of carbonyl (C=O) groups is 1. The second-order valence-corrected chi connectivity index (χ2v) is 12.3. The lowest BCUT2D eigenvalue weighted by molar-refractivity contribution is -0.0361. The number of hydrogen-bond acceptors (Lipinski definition) is 5. The van der Waals surface area contributed by atoms with E-state index >= 15 is 0 Å². The van der Waals surface area contributed by atoms with Crippen LogP contribution in [0.25, 0.3) is 0 Å². The first-order valence-electron chi connectivity index (χ1n) is 12.5. The Balaban J connectivity index is 1.41. The van der Waals surface area contributed by atoms with Gasteiger partial charge in [0.2, 0.25) is 10.0 Å². The van der Waals surface area contributed by atoms with Crippen LogP contribution in [0.3, 0.4) is 0 Å². The molecular formula is C25H39N3O4S. The van der Waals surface area contributed by atoms with Gasteiger partial charge in [-0.05, 0) is 55.4 Å². The third-order valence-corrected chi connectivity index (χ3v) is 9.48. The Morgan fingerprint density at radius 1 is 1.03 bits per heavy atom. The minimum Gasteiger partial charge on any atom is -0.379 e. The van der Waals surface area contributed by atoms with Crippen LogP contribution in [0.15, 0.2) is 29.2 Å². The number of hydrogen-bond donors (Lipinski definition) is 1. The van der Waals surface area contributed by atoms with Crippen molar-refractivity contribution in [2.24, 2.45) is 11.8 Å². The normalized spacial score (nSPS) is 27.2. The highest BCUT2D eigenvalue weighted by Crippen LogP contribution is 2.34. The van der Waals surface area contributed by atoms with E-state index in [-0.39, 0.29) is 16.3 Å². The van der Waals surface area contributed by atoms with Crippen LogP contribution in [-0.2, 0) is 14.8 Å². The molecule has 1 aromatic rings. The molecule has 3 aliphatic rings. The molecule has 0 aromatic heterocycles. The van der Waals surface area contributed by atoms with E-state index in [2.05, 4.69) is 24.1 Å². The zero-order valence-corrected chi connectivity index (χ0v) is 20.9. The van der Waals surface area contributed by atoms with Gasteiger partial charge in [0.15, 0.2) is 0 Å². The van der Waals surface area contributed by atoms with Gasteiger partial charge in [-0.25, -0.2) is 8.42 Å². The maximum absolute atomic E-state index is 13.1. The summed E-state index contributed by atoms with van der Waals surface area (Å²) in [5, 5.41) is 3.16. The Morgan fingerprint density at radius 2 is 1.64 bits per heavy atom. The average Bonchev–Trinajstić information content (AvgIpc) is 2.83. The SMILES string of the molecule is CC1CC(C)CN(S(=O)(=O)c2ccc(C(=O)NCC3(N4CCOCC4)CCCCC3)cc2)C1. The summed E-state index contributed by atoms with van der Waals surface area (Å²) in [6, 6.07) is 6.43. The van der Waals surface area contributed by atoms with Crippen LogP contribution in [0, 0.1) is 11.8 Å². The maximum atomic E-state index is 13.1. The molecule has 0 radical (unpaired) electrons. The highest BCUT2D eigenvalue weighted by Gasteiger charge is 2.39. The Kier molecular flexibility index (Phi) is 7.78. The van der Waals surface area contributed by atoms with E-state index in [1.807, 2.05) is 0 Å². The van der Waals surface area contributed by atoms with Gasteiger partial charge in [0, 0.05) is 43.8 Å². The molecule has 1 amide bonds. The molecule has 4 rings (SSSR count). The van der Waals surface area contributed by atoms with Gasteiger partial charge < -0.3 is 10.1 Å². The Labute approximate surface area is 198 Å². The number of nitrogens with one attached hydrogen (secondary N) is 1. The molecule has 33 heavy (non-hydrogen) atoms. The number of amides is 1. The lowest BCUT2D eigenvalue weighted by Crippen LogP contribution is -2.59. The lowest BCUT2D eigenvalue weighted by Gasteiger charge is -2.48. The molecule has 184 valence electrons. The van der Waals surface area contributed by atoms with Crippen LogP contribution in [-0.4, -0.2) is 75.0 Å². The number of sulfonamides is 1. The topological polar surface area (TPSA) is 79.0 Å². The van der Waals surface area contributed by atoms with Gasteiger partial charge in [-0.3, -0.25) is 9.69 Å². The number of nitrogens with zero attached hydrogens (tertiary/aromatic N) is 2. The van der Waals surface area contributed by atoms with Crippen LogP contribution in [0.1, 0.15) is 62.7 Å². The standard InChI is InChI=1S/C25H39N3O4S/c1-20-16-21(2)18-28(17-20)33(30,31)23-8-6-22(7-9-23)24(29)26-19-25(10-4-3-5-11-25)27-12-14-32-15-13-27/h6-9,20-21H,3-5,10-19H2,1-2H3,(H,26,29). The molecule has 8 heteroatoms. The Morgan fingerprint density at radius 3 is 2.24 bits per heavy atom. The van der Waals surface area contributed by atoms with Crippen molar-refractivity contribution in [3.8, 4) is 0 Å². The molecule has 1 saturated carbocycles. The quantitative estimate of drug-likeness (QED) is 0.681. The van der Waals surface area contributed by atoms with E-state index in [0.29, 0.717) is 37.0 Å². The largest absolute Gasteiger partial charge is 0.379 e. The van der Waals surface area contributed by atoms with Gasteiger partial charge in [-0.1, -0.05) is 33.1 Å². The fraction of sp³-hybridized carbons (Fsp3) is 0.720. The summed E-state index contributed by atoms with van der Waals surface area (Å²) in [6.07, 6.45) is 6.87. The third kappa shape index (κ3) is 5.61. The Bertz CT molecular complexity index is 896. The lowest BCUT2D eigenvalue weighted by atomic mass is 9.79. The molecule has 1 aromatic carbocycles. The van der Waals surface area contributed by atoms with E-state index < -0.39 is 10.0 Å². The van der Waals surface area contributed by atoms with Gasteiger partial charge >= 0.3 is 0 Å². The number of ether oxygens (including phenoxy) is 1. The summed E-state index contributed by atoms with van der Waals surface area (Å²) < 4.78 is 33.4. The number of carbonyl (C=O) groups excluding carboxylic acids is 1. The molecule has 0 spiro atoms. The molecule has 3 fully saturated rings. The monoisotopic (exact) mass is 477 g/mol. The number of piperidine rings is 1. The zero-order valence-electron chi connectivity index (χ0n) is 20.1. The molecule has 2 atom stereocenters. The van der Waals surface area contributed by atoms with Crippen molar-refractivity contribution < 1.29 is 17.9 Å². The van der Waals surface area contributed by atoms with Crippen molar-refractivity contribution in [2.45, 2.75) is 62.8 Å². The van der Waals surface area contributed by atoms with Crippen molar-refractivity contribution in [3.63, 3.8) is 0 Å². The smallest absolute Gasteiger partial charge is 0.251 e. The van der Waals surface area contributed by atoms with Crippen molar-refractivity contribution in [1.29, 1.82) is 0 Å². The molecule has 1 N–H and O–H groups in total. The summed E-state index contributed by atoms with van der Waals surface area (Å²) in [6.45, 7) is 9.25. The predicted molar refractivity (Wildman–Crippen MR) is 129 cm³/mol. The van der Waals surface area contributed by atoms with Crippen molar-refractivity contribution >= 4 is 15.9 Å². The fourth-order valence-electron chi connectivity index (χ4n) is 5.93. The van der Waals surface area contributed by atoms with Crippen LogP contribution >= 0.6 is 0 Å². The summed E-state index contributed by atoms with van der Waals surface area (Å²) in [5.41, 5.74) is 0.505. The second kappa shape index (κ2) is 10.4. The highest BCUT2D eigenvalue weighted by molar-refractivity contribution is 7.89. The van der Waals surface area contributed by atoms with E-state index in [1.54, 1.807) is 28.6 Å². The second-order valence-electron chi connectivity index (χ2n) is 10.4. The maximum Gasteiger partial charge on any atom is 0.251 e. The van der Waals surface area contributed by atoms with Crippen molar-refractivity contribution in [2.75, 3.05) is 45.9 Å². The van der Waals surface area contributed by atoms with Gasteiger partial charge in [-0.2, -0.15) is 4.31 Å². The van der Waals surface area contributed by atoms with Gasteiger partial charge in [0.25, 0.3) is 5.91 Å². The molecule has 0 bridgehead atoms. The van der Waals surface area contributed by atoms with Gasteiger partial charge in [0.1, 0.15) is 0 Å².